The summed E-state index contributed by atoms with van der Waals surface area (Å²) in [6, 6.07) is 12.9. The van der Waals surface area contributed by atoms with Crippen LogP contribution in [-0.4, -0.2) is 53.1 Å². The summed E-state index contributed by atoms with van der Waals surface area (Å²) in [7, 11) is 0. The molecule has 6 nitrogen and oxygen atoms in total. The fraction of sp³-hybridized carbons (Fsp3) is 0.440. The molecule has 3 rings (SSSR count). The quantitative estimate of drug-likeness (QED) is 0.501. The summed E-state index contributed by atoms with van der Waals surface area (Å²) in [4.78, 5) is 24.8. The number of carboxylic acid groups (broad SMARTS) is 1. The molecular weight excluding hydrogens is 422 g/mol. The Morgan fingerprint density at radius 3 is 2.53 bits per heavy atom. The van der Waals surface area contributed by atoms with Crippen molar-refractivity contribution in [3.63, 3.8) is 0 Å². The molecule has 1 fully saturated rings. The Labute approximate surface area is 194 Å². The van der Waals surface area contributed by atoms with E-state index < -0.39 is 12.0 Å². The first-order valence-electron chi connectivity index (χ1n) is 11.2. The first-order valence-corrected chi connectivity index (χ1v) is 12.6. The molecule has 1 heterocycles. The maximum Gasteiger partial charge on any atom is 0.326 e. The highest BCUT2D eigenvalue weighted by molar-refractivity contribution is 7.98. The number of nitrogens with one attached hydrogen (secondary N) is 2. The maximum atomic E-state index is 13.1. The van der Waals surface area contributed by atoms with Gasteiger partial charge in [-0.05, 0) is 72.6 Å². The average Bonchev–Trinajstić information content (AvgIpc) is 2.81. The number of hydrogen-bond donors (Lipinski definition) is 3. The Balaban J connectivity index is 1.86. The minimum Gasteiger partial charge on any atom is -0.480 e. The van der Waals surface area contributed by atoms with Crippen LogP contribution in [0.5, 0.6) is 0 Å². The highest BCUT2D eigenvalue weighted by Gasteiger charge is 2.23. The van der Waals surface area contributed by atoms with Gasteiger partial charge in [0.25, 0.3) is 5.91 Å². The van der Waals surface area contributed by atoms with Crippen molar-refractivity contribution in [1.29, 1.82) is 0 Å². The Morgan fingerprint density at radius 2 is 1.84 bits per heavy atom. The smallest absolute Gasteiger partial charge is 0.326 e. The van der Waals surface area contributed by atoms with Crippen molar-refractivity contribution in [2.24, 2.45) is 0 Å². The molecule has 0 unspecified atom stereocenters. The molecule has 1 atom stereocenters. The third kappa shape index (κ3) is 6.58. The lowest BCUT2D eigenvalue weighted by Crippen LogP contribution is -2.41. The first kappa shape index (κ1) is 24.3. The number of benzene rings is 2. The van der Waals surface area contributed by atoms with Gasteiger partial charge in [0.05, 0.1) is 0 Å². The van der Waals surface area contributed by atoms with E-state index in [1.54, 1.807) is 11.8 Å². The molecule has 0 aliphatic carbocycles. The molecule has 1 saturated heterocycles. The van der Waals surface area contributed by atoms with Crippen LogP contribution in [0.3, 0.4) is 0 Å². The minimum atomic E-state index is -1.01. The summed E-state index contributed by atoms with van der Waals surface area (Å²) < 4.78 is 0. The number of thioether (sulfide) groups is 1. The van der Waals surface area contributed by atoms with E-state index in [1.807, 2.05) is 55.6 Å². The average molecular weight is 456 g/mol. The van der Waals surface area contributed by atoms with Crippen molar-refractivity contribution < 1.29 is 14.7 Å². The number of nitrogens with zero attached hydrogens (tertiary/aromatic N) is 1. The predicted molar refractivity (Wildman–Crippen MR) is 131 cm³/mol. The molecule has 0 spiro atoms. The predicted octanol–water partition coefficient (Wildman–Crippen LogP) is 4.09. The van der Waals surface area contributed by atoms with Gasteiger partial charge in [0.15, 0.2) is 0 Å². The zero-order valence-electron chi connectivity index (χ0n) is 18.9. The van der Waals surface area contributed by atoms with E-state index in [9.17, 15) is 14.7 Å². The summed E-state index contributed by atoms with van der Waals surface area (Å²) in [6.45, 7) is 4.82. The second-order valence-electron chi connectivity index (χ2n) is 8.22. The van der Waals surface area contributed by atoms with Crippen LogP contribution in [0.4, 0.5) is 0 Å². The second kappa shape index (κ2) is 12.0. The van der Waals surface area contributed by atoms with Gasteiger partial charge in [-0.2, -0.15) is 11.8 Å². The maximum absolute atomic E-state index is 13.1. The van der Waals surface area contributed by atoms with Crippen LogP contribution in [0.25, 0.3) is 11.1 Å². The Bertz CT molecular complexity index is 928. The number of amides is 1. The lowest BCUT2D eigenvalue weighted by Gasteiger charge is -2.27. The third-order valence-electron chi connectivity index (χ3n) is 5.84. The van der Waals surface area contributed by atoms with Crippen LogP contribution in [0.15, 0.2) is 42.5 Å². The fourth-order valence-corrected chi connectivity index (χ4v) is 4.45. The van der Waals surface area contributed by atoms with E-state index in [-0.39, 0.29) is 5.91 Å². The van der Waals surface area contributed by atoms with Gasteiger partial charge in [-0.15, -0.1) is 0 Å². The highest BCUT2D eigenvalue weighted by atomic mass is 32.2. The summed E-state index contributed by atoms with van der Waals surface area (Å²) in [5.74, 6) is -0.692. The standard InChI is InChI=1S/C25H33N3O3S/c1-18-8-4-5-9-20(18)22-16-19(17-26-28-13-6-3-7-14-28)10-11-21(22)24(29)27-23(25(30)31)12-15-32-2/h4-5,8-11,16,23,26H,3,6-7,12-15,17H2,1-2H3,(H,27,29)(H,30,31)/t23-/m0/s1. The van der Waals surface area contributed by atoms with Gasteiger partial charge in [-0.1, -0.05) is 36.8 Å². The number of hydrogen-bond acceptors (Lipinski definition) is 5. The molecule has 1 aliphatic rings. The number of rotatable bonds is 10. The number of hydrazine groups is 1. The third-order valence-corrected chi connectivity index (χ3v) is 6.48. The molecule has 0 radical (unpaired) electrons. The van der Waals surface area contributed by atoms with Crippen LogP contribution >= 0.6 is 11.8 Å². The number of aryl methyl sites for hydroxylation is 1. The van der Waals surface area contributed by atoms with Crippen LogP contribution in [-0.2, 0) is 11.3 Å². The lowest BCUT2D eigenvalue weighted by molar-refractivity contribution is -0.139. The largest absolute Gasteiger partial charge is 0.480 e. The molecule has 0 saturated carbocycles. The van der Waals surface area contributed by atoms with Gasteiger partial charge in [-0.3, -0.25) is 10.2 Å². The first-order chi connectivity index (χ1) is 15.5. The van der Waals surface area contributed by atoms with Crippen molar-refractivity contribution >= 4 is 23.6 Å². The second-order valence-corrected chi connectivity index (χ2v) is 9.21. The summed E-state index contributed by atoms with van der Waals surface area (Å²) >= 11 is 1.57. The summed E-state index contributed by atoms with van der Waals surface area (Å²) in [5.41, 5.74) is 7.96. The van der Waals surface area contributed by atoms with Crippen molar-refractivity contribution in [2.45, 2.75) is 45.2 Å². The van der Waals surface area contributed by atoms with Crippen molar-refractivity contribution in [3.8, 4) is 11.1 Å². The number of aliphatic carboxylic acids is 1. The Kier molecular flexibility index (Phi) is 9.14. The summed E-state index contributed by atoms with van der Waals surface area (Å²) in [5, 5.41) is 14.5. The van der Waals surface area contributed by atoms with E-state index in [1.165, 1.54) is 19.3 Å². The molecule has 0 bridgehead atoms. The molecule has 0 aromatic heterocycles. The van der Waals surface area contributed by atoms with Crippen LogP contribution < -0.4 is 10.7 Å². The molecule has 7 heteroatoms. The SMILES string of the molecule is CSCC[C@H](NC(=O)c1ccc(CNN2CCCCC2)cc1-c1ccccc1C)C(=O)O. The van der Waals surface area contributed by atoms with Crippen molar-refractivity contribution in [1.82, 2.24) is 15.8 Å². The van der Waals surface area contributed by atoms with Gasteiger partial charge in [0.1, 0.15) is 6.04 Å². The zero-order valence-corrected chi connectivity index (χ0v) is 19.7. The van der Waals surface area contributed by atoms with E-state index in [4.69, 9.17) is 0 Å². The highest BCUT2D eigenvalue weighted by Crippen LogP contribution is 2.28. The monoisotopic (exact) mass is 455 g/mol. The summed E-state index contributed by atoms with van der Waals surface area (Å²) in [6.07, 6.45) is 6.02. The van der Waals surface area contributed by atoms with Gasteiger partial charge in [-0.25, -0.2) is 9.80 Å². The lowest BCUT2D eigenvalue weighted by atomic mass is 9.93. The van der Waals surface area contributed by atoms with E-state index in [0.29, 0.717) is 24.3 Å². The van der Waals surface area contributed by atoms with E-state index >= 15 is 0 Å². The Hall–Kier alpha value is -2.35. The van der Waals surface area contributed by atoms with Gasteiger partial charge in [0.2, 0.25) is 0 Å². The zero-order chi connectivity index (χ0) is 22.9. The normalized spacial score (nSPS) is 15.3. The topological polar surface area (TPSA) is 81.7 Å². The molecule has 32 heavy (non-hydrogen) atoms. The molecule has 2 aromatic carbocycles. The van der Waals surface area contributed by atoms with Crippen LogP contribution in [0.2, 0.25) is 0 Å². The Morgan fingerprint density at radius 1 is 1.09 bits per heavy atom. The van der Waals surface area contributed by atoms with Crippen LogP contribution in [0, 0.1) is 6.92 Å². The van der Waals surface area contributed by atoms with Crippen LogP contribution in [0.1, 0.15) is 47.2 Å². The van der Waals surface area contributed by atoms with Gasteiger partial charge < -0.3 is 10.4 Å². The molecule has 172 valence electrons. The molecule has 1 aliphatic heterocycles. The number of piperidine rings is 1. The fourth-order valence-electron chi connectivity index (χ4n) is 3.98. The van der Waals surface area contributed by atoms with Gasteiger partial charge >= 0.3 is 5.97 Å². The molecule has 3 N–H and O–H groups in total. The number of carbonyl (C=O) groups is 2. The number of carboxylic acids is 1. The molecule has 2 aromatic rings. The molecule has 1 amide bonds. The van der Waals surface area contributed by atoms with E-state index in [2.05, 4.69) is 15.8 Å². The number of carbonyl (C=O) groups excluding carboxylic acids is 1. The van der Waals surface area contributed by atoms with Gasteiger partial charge in [0, 0.05) is 25.2 Å². The van der Waals surface area contributed by atoms with E-state index in [0.717, 1.165) is 35.3 Å². The molecular formula is C25H33N3O3S. The minimum absolute atomic E-state index is 0.354. The van der Waals surface area contributed by atoms with Crippen molar-refractivity contribution in [2.75, 3.05) is 25.1 Å². The van der Waals surface area contributed by atoms with Crippen molar-refractivity contribution in [3.05, 3.63) is 59.2 Å².